The molecule has 1 amide bonds. The standard InChI is InChI=1S/C13H12BrClN2O2/c1-7(11-10(18)5-6-16-13(11)19)17-9-4-2-3-8(15)12(9)14/h2-4,17-18H,1,5-6H2,(H,16,19). The molecule has 0 atom stereocenters. The Labute approximate surface area is 124 Å². The van der Waals surface area contributed by atoms with Gasteiger partial charge in [0.1, 0.15) is 5.76 Å². The number of aliphatic hydroxyl groups excluding tert-OH is 1. The van der Waals surface area contributed by atoms with E-state index in [2.05, 4.69) is 33.1 Å². The number of rotatable bonds is 3. The number of anilines is 1. The van der Waals surface area contributed by atoms with Crippen molar-refractivity contribution in [3.05, 3.63) is 51.3 Å². The van der Waals surface area contributed by atoms with E-state index in [9.17, 15) is 9.90 Å². The minimum Gasteiger partial charge on any atom is -0.511 e. The Balaban J connectivity index is 2.26. The molecule has 0 saturated carbocycles. The van der Waals surface area contributed by atoms with Crippen LogP contribution in [-0.4, -0.2) is 17.6 Å². The number of benzene rings is 1. The zero-order valence-corrected chi connectivity index (χ0v) is 12.3. The van der Waals surface area contributed by atoms with Crippen LogP contribution >= 0.6 is 27.5 Å². The summed E-state index contributed by atoms with van der Waals surface area (Å²) in [6.45, 7) is 4.22. The molecule has 1 aromatic carbocycles. The first-order chi connectivity index (χ1) is 9.00. The van der Waals surface area contributed by atoms with Crippen LogP contribution in [0.3, 0.4) is 0 Å². The molecule has 2 rings (SSSR count). The van der Waals surface area contributed by atoms with E-state index in [1.165, 1.54) is 0 Å². The fourth-order valence-electron chi connectivity index (χ4n) is 1.78. The first-order valence-corrected chi connectivity index (χ1v) is 6.78. The Kier molecular flexibility index (Phi) is 4.17. The van der Waals surface area contributed by atoms with Gasteiger partial charge in [-0.2, -0.15) is 0 Å². The smallest absolute Gasteiger partial charge is 0.256 e. The van der Waals surface area contributed by atoms with Gasteiger partial charge >= 0.3 is 0 Å². The van der Waals surface area contributed by atoms with Gasteiger partial charge in [0.2, 0.25) is 0 Å². The van der Waals surface area contributed by atoms with Gasteiger partial charge in [-0.1, -0.05) is 24.2 Å². The molecule has 0 saturated heterocycles. The van der Waals surface area contributed by atoms with E-state index in [1.807, 2.05) is 0 Å². The second kappa shape index (κ2) is 5.67. The van der Waals surface area contributed by atoms with Crippen LogP contribution in [0, 0.1) is 0 Å². The van der Waals surface area contributed by atoms with Gasteiger partial charge in [0.15, 0.2) is 0 Å². The lowest BCUT2D eigenvalue weighted by molar-refractivity contribution is -0.117. The average Bonchev–Trinajstić information content (AvgIpc) is 2.35. The molecule has 1 aromatic rings. The molecule has 0 aliphatic carbocycles. The van der Waals surface area contributed by atoms with E-state index < -0.39 is 0 Å². The summed E-state index contributed by atoms with van der Waals surface area (Å²) < 4.78 is 0.675. The topological polar surface area (TPSA) is 61.4 Å². The molecule has 0 fully saturated rings. The molecule has 1 aliphatic heterocycles. The first kappa shape index (κ1) is 14.0. The Hall–Kier alpha value is -1.46. The highest BCUT2D eigenvalue weighted by atomic mass is 79.9. The summed E-state index contributed by atoms with van der Waals surface area (Å²) in [5, 5.41) is 16.0. The van der Waals surface area contributed by atoms with Crippen molar-refractivity contribution in [2.45, 2.75) is 6.42 Å². The number of nitrogens with one attached hydrogen (secondary N) is 2. The molecule has 6 heteroatoms. The van der Waals surface area contributed by atoms with Gasteiger partial charge in [0.05, 0.1) is 20.8 Å². The molecule has 0 spiro atoms. The maximum Gasteiger partial charge on any atom is 0.256 e. The van der Waals surface area contributed by atoms with Gasteiger partial charge < -0.3 is 15.7 Å². The molecule has 0 bridgehead atoms. The van der Waals surface area contributed by atoms with Gasteiger partial charge in [-0.05, 0) is 28.1 Å². The van der Waals surface area contributed by atoms with Crippen LogP contribution in [-0.2, 0) is 4.79 Å². The maximum absolute atomic E-state index is 11.7. The number of carbonyl (C=O) groups is 1. The molecule has 0 aromatic heterocycles. The summed E-state index contributed by atoms with van der Waals surface area (Å²) in [6.07, 6.45) is 0.401. The highest BCUT2D eigenvalue weighted by molar-refractivity contribution is 9.10. The molecule has 0 unspecified atom stereocenters. The first-order valence-electron chi connectivity index (χ1n) is 5.61. The molecule has 100 valence electrons. The normalized spacial score (nSPS) is 15.2. The number of amides is 1. The summed E-state index contributed by atoms with van der Waals surface area (Å²) in [6, 6.07) is 5.31. The predicted molar refractivity (Wildman–Crippen MR) is 79.2 cm³/mol. The Morgan fingerprint density at radius 3 is 2.95 bits per heavy atom. The predicted octanol–water partition coefficient (Wildman–Crippen LogP) is 3.36. The second-order valence-corrected chi connectivity index (χ2v) is 5.23. The highest BCUT2D eigenvalue weighted by Gasteiger charge is 2.22. The monoisotopic (exact) mass is 342 g/mol. The Bertz CT molecular complexity index is 584. The summed E-state index contributed by atoms with van der Waals surface area (Å²) in [5.74, 6) is -0.293. The summed E-state index contributed by atoms with van der Waals surface area (Å²) in [7, 11) is 0. The van der Waals surface area contributed by atoms with E-state index in [4.69, 9.17) is 11.6 Å². The van der Waals surface area contributed by atoms with Crippen LogP contribution in [0.4, 0.5) is 5.69 Å². The lowest BCUT2D eigenvalue weighted by atomic mass is 10.1. The number of halogens is 2. The molecular weight excluding hydrogens is 332 g/mol. The minimum atomic E-state index is -0.334. The van der Waals surface area contributed by atoms with E-state index in [0.29, 0.717) is 33.8 Å². The number of carbonyl (C=O) groups excluding carboxylic acids is 1. The zero-order chi connectivity index (χ0) is 14.0. The highest BCUT2D eigenvalue weighted by Crippen LogP contribution is 2.32. The second-order valence-electron chi connectivity index (χ2n) is 4.03. The van der Waals surface area contributed by atoms with Crippen molar-refractivity contribution >= 4 is 39.1 Å². The van der Waals surface area contributed by atoms with Crippen molar-refractivity contribution < 1.29 is 9.90 Å². The largest absolute Gasteiger partial charge is 0.511 e. The van der Waals surface area contributed by atoms with E-state index in [0.717, 1.165) is 0 Å². The van der Waals surface area contributed by atoms with Crippen molar-refractivity contribution in [1.29, 1.82) is 0 Å². The van der Waals surface area contributed by atoms with Crippen LogP contribution in [0.15, 0.2) is 46.3 Å². The summed E-state index contributed by atoms with van der Waals surface area (Å²) in [5.41, 5.74) is 1.19. The fourth-order valence-corrected chi connectivity index (χ4v) is 2.31. The van der Waals surface area contributed by atoms with E-state index >= 15 is 0 Å². The molecule has 0 radical (unpaired) electrons. The SMILES string of the molecule is C=C(Nc1cccc(Cl)c1Br)C1=C(O)CCNC1=O. The van der Waals surface area contributed by atoms with Crippen LogP contribution in [0.25, 0.3) is 0 Å². The zero-order valence-electron chi connectivity index (χ0n) is 9.96. The molecule has 19 heavy (non-hydrogen) atoms. The Morgan fingerprint density at radius 1 is 1.53 bits per heavy atom. The molecule has 1 aliphatic rings. The van der Waals surface area contributed by atoms with Crippen molar-refractivity contribution in [2.24, 2.45) is 0 Å². The molecule has 4 nitrogen and oxygen atoms in total. The van der Waals surface area contributed by atoms with E-state index in [-0.39, 0.29) is 17.2 Å². The van der Waals surface area contributed by atoms with Crippen LogP contribution in [0.1, 0.15) is 6.42 Å². The Morgan fingerprint density at radius 2 is 2.26 bits per heavy atom. The lowest BCUT2D eigenvalue weighted by Crippen LogP contribution is -2.33. The maximum atomic E-state index is 11.7. The van der Waals surface area contributed by atoms with Crippen molar-refractivity contribution in [3.63, 3.8) is 0 Å². The van der Waals surface area contributed by atoms with Gasteiger partial charge in [-0.25, -0.2) is 0 Å². The van der Waals surface area contributed by atoms with Gasteiger partial charge in [0.25, 0.3) is 5.91 Å². The fraction of sp³-hybridized carbons (Fsp3) is 0.154. The van der Waals surface area contributed by atoms with Crippen molar-refractivity contribution in [2.75, 3.05) is 11.9 Å². The van der Waals surface area contributed by atoms with Crippen LogP contribution in [0.5, 0.6) is 0 Å². The summed E-state index contributed by atoms with van der Waals surface area (Å²) in [4.78, 5) is 11.7. The van der Waals surface area contributed by atoms with Crippen LogP contribution in [0.2, 0.25) is 5.02 Å². The van der Waals surface area contributed by atoms with Crippen molar-refractivity contribution in [3.8, 4) is 0 Å². The van der Waals surface area contributed by atoms with Crippen LogP contribution < -0.4 is 10.6 Å². The average molecular weight is 344 g/mol. The van der Waals surface area contributed by atoms with Gasteiger partial charge in [-0.3, -0.25) is 4.79 Å². The quantitative estimate of drug-likeness (QED) is 0.788. The van der Waals surface area contributed by atoms with Gasteiger partial charge in [0, 0.05) is 18.7 Å². The molecular formula is C13H12BrClN2O2. The number of hydrogen-bond acceptors (Lipinski definition) is 3. The molecule has 3 N–H and O–H groups in total. The minimum absolute atomic E-state index is 0.0411. The number of aliphatic hydroxyl groups is 1. The number of hydrogen-bond donors (Lipinski definition) is 3. The summed E-state index contributed by atoms with van der Waals surface area (Å²) >= 11 is 9.33. The third-order valence-electron chi connectivity index (χ3n) is 2.70. The molecule has 1 heterocycles. The van der Waals surface area contributed by atoms with E-state index in [1.54, 1.807) is 18.2 Å². The third kappa shape index (κ3) is 2.93. The van der Waals surface area contributed by atoms with Crippen molar-refractivity contribution in [1.82, 2.24) is 5.32 Å². The third-order valence-corrected chi connectivity index (χ3v) is 4.10. The lowest BCUT2D eigenvalue weighted by Gasteiger charge is -2.20. The van der Waals surface area contributed by atoms with Gasteiger partial charge in [-0.15, -0.1) is 0 Å².